The Morgan fingerprint density at radius 2 is 2.06 bits per heavy atom. The van der Waals surface area contributed by atoms with E-state index < -0.39 is 11.6 Å². The molecule has 0 amide bonds. The third kappa shape index (κ3) is 1.36. The van der Waals surface area contributed by atoms with Crippen molar-refractivity contribution in [2.24, 2.45) is 5.92 Å². The largest absolute Gasteiger partial charge is 0.381 e. The number of benzene rings is 1. The van der Waals surface area contributed by atoms with Crippen LogP contribution in [0.1, 0.15) is 19.8 Å². The van der Waals surface area contributed by atoms with Crippen molar-refractivity contribution in [1.29, 1.82) is 0 Å². The Bertz CT molecular complexity index is 443. The van der Waals surface area contributed by atoms with Gasteiger partial charge in [0.25, 0.3) is 0 Å². The van der Waals surface area contributed by atoms with Gasteiger partial charge in [0.15, 0.2) is 11.6 Å². The number of halogens is 2. The molecule has 2 aliphatic rings. The zero-order chi connectivity index (χ0) is 11.3. The average molecular weight is 224 g/mol. The van der Waals surface area contributed by atoms with Gasteiger partial charge in [-0.3, -0.25) is 0 Å². The zero-order valence-electron chi connectivity index (χ0n) is 9.11. The summed E-state index contributed by atoms with van der Waals surface area (Å²) in [5, 5.41) is 6.34. The van der Waals surface area contributed by atoms with E-state index in [0.717, 1.165) is 25.5 Å². The standard InChI is InChI=1S/C12H14F2N2/c1-12(7-2-3-7)6-15-9-5-4-8(13)10(14)11(9)16-12/h4-5,7,15-16H,2-3,6H2,1H3. The third-order valence-corrected chi connectivity index (χ3v) is 3.63. The molecular weight excluding hydrogens is 210 g/mol. The van der Waals surface area contributed by atoms with Gasteiger partial charge < -0.3 is 10.6 Å². The number of nitrogens with one attached hydrogen (secondary N) is 2. The van der Waals surface area contributed by atoms with Crippen molar-refractivity contribution in [1.82, 2.24) is 0 Å². The molecule has 1 heterocycles. The molecule has 1 aliphatic carbocycles. The lowest BCUT2D eigenvalue weighted by atomic mass is 9.92. The predicted molar refractivity (Wildman–Crippen MR) is 59.6 cm³/mol. The fraction of sp³-hybridized carbons (Fsp3) is 0.500. The van der Waals surface area contributed by atoms with Gasteiger partial charge in [-0.25, -0.2) is 8.78 Å². The van der Waals surface area contributed by atoms with Crippen molar-refractivity contribution in [3.8, 4) is 0 Å². The molecule has 3 rings (SSSR count). The molecule has 0 spiro atoms. The second-order valence-corrected chi connectivity index (χ2v) is 4.95. The summed E-state index contributed by atoms with van der Waals surface area (Å²) in [5.41, 5.74) is 0.777. The molecule has 86 valence electrons. The topological polar surface area (TPSA) is 24.1 Å². The summed E-state index contributed by atoms with van der Waals surface area (Å²) < 4.78 is 26.8. The van der Waals surface area contributed by atoms with E-state index in [1.54, 1.807) is 6.07 Å². The van der Waals surface area contributed by atoms with Gasteiger partial charge in [-0.1, -0.05) is 0 Å². The molecule has 1 saturated carbocycles. The van der Waals surface area contributed by atoms with E-state index in [2.05, 4.69) is 17.6 Å². The summed E-state index contributed by atoms with van der Waals surface area (Å²) >= 11 is 0. The lowest BCUT2D eigenvalue weighted by molar-refractivity contribution is 0.452. The van der Waals surface area contributed by atoms with Gasteiger partial charge in [-0.2, -0.15) is 0 Å². The Balaban J connectivity index is 2.01. The molecule has 1 aliphatic heterocycles. The number of anilines is 2. The Kier molecular flexibility index (Phi) is 1.91. The van der Waals surface area contributed by atoms with Crippen LogP contribution in [0.25, 0.3) is 0 Å². The van der Waals surface area contributed by atoms with Crippen LogP contribution in [0.3, 0.4) is 0 Å². The van der Waals surface area contributed by atoms with Crippen LogP contribution < -0.4 is 10.6 Å². The maximum atomic E-state index is 13.6. The second kappa shape index (κ2) is 3.09. The van der Waals surface area contributed by atoms with E-state index in [0.29, 0.717) is 11.6 Å². The first-order valence-electron chi connectivity index (χ1n) is 5.60. The number of rotatable bonds is 1. The molecular formula is C12H14F2N2. The molecule has 4 heteroatoms. The Morgan fingerprint density at radius 3 is 2.75 bits per heavy atom. The van der Waals surface area contributed by atoms with E-state index in [-0.39, 0.29) is 11.2 Å². The van der Waals surface area contributed by atoms with Gasteiger partial charge in [0.2, 0.25) is 0 Å². The van der Waals surface area contributed by atoms with Gasteiger partial charge >= 0.3 is 0 Å². The SMILES string of the molecule is CC1(C2CC2)CNc2ccc(F)c(F)c2N1. The summed E-state index contributed by atoms with van der Waals surface area (Å²) in [6.07, 6.45) is 2.33. The normalized spacial score (nSPS) is 27.9. The highest BCUT2D eigenvalue weighted by Crippen LogP contribution is 2.45. The summed E-state index contributed by atoms with van der Waals surface area (Å²) in [5.74, 6) is -1.01. The van der Waals surface area contributed by atoms with Crippen molar-refractivity contribution in [2.45, 2.75) is 25.3 Å². The highest BCUT2D eigenvalue weighted by Gasteiger charge is 2.44. The molecule has 2 N–H and O–H groups in total. The molecule has 16 heavy (non-hydrogen) atoms. The Labute approximate surface area is 93.0 Å². The summed E-state index contributed by atoms with van der Waals surface area (Å²) in [6.45, 7) is 2.82. The minimum atomic E-state index is -0.798. The zero-order valence-corrected chi connectivity index (χ0v) is 9.11. The smallest absolute Gasteiger partial charge is 0.184 e. The number of hydrogen-bond acceptors (Lipinski definition) is 2. The molecule has 0 radical (unpaired) electrons. The van der Waals surface area contributed by atoms with E-state index >= 15 is 0 Å². The quantitative estimate of drug-likeness (QED) is 0.766. The Morgan fingerprint density at radius 1 is 1.31 bits per heavy atom. The first kappa shape index (κ1) is 9.87. The van der Waals surface area contributed by atoms with Gasteiger partial charge in [0.05, 0.1) is 16.9 Å². The van der Waals surface area contributed by atoms with Crippen LogP contribution in [0.15, 0.2) is 12.1 Å². The lowest BCUT2D eigenvalue weighted by Gasteiger charge is -2.38. The fourth-order valence-corrected chi connectivity index (χ4v) is 2.40. The van der Waals surface area contributed by atoms with Crippen molar-refractivity contribution in [3.63, 3.8) is 0 Å². The molecule has 2 nitrogen and oxygen atoms in total. The van der Waals surface area contributed by atoms with Gasteiger partial charge in [0.1, 0.15) is 0 Å². The predicted octanol–water partition coefficient (Wildman–Crippen LogP) is 2.97. The van der Waals surface area contributed by atoms with Gasteiger partial charge in [-0.15, -0.1) is 0 Å². The average Bonchev–Trinajstić information content (AvgIpc) is 3.08. The van der Waals surface area contributed by atoms with E-state index in [4.69, 9.17) is 0 Å². The highest BCUT2D eigenvalue weighted by atomic mass is 19.2. The first-order valence-corrected chi connectivity index (χ1v) is 5.60. The van der Waals surface area contributed by atoms with E-state index in [1.807, 2.05) is 0 Å². The molecule has 0 saturated heterocycles. The van der Waals surface area contributed by atoms with Crippen molar-refractivity contribution < 1.29 is 8.78 Å². The summed E-state index contributed by atoms with van der Waals surface area (Å²) in [4.78, 5) is 0. The monoisotopic (exact) mass is 224 g/mol. The van der Waals surface area contributed by atoms with Crippen molar-refractivity contribution >= 4 is 11.4 Å². The van der Waals surface area contributed by atoms with E-state index in [9.17, 15) is 8.78 Å². The molecule has 1 atom stereocenters. The number of fused-ring (bicyclic) bond motifs is 1. The van der Waals surface area contributed by atoms with Crippen LogP contribution in [-0.2, 0) is 0 Å². The van der Waals surface area contributed by atoms with Crippen LogP contribution in [-0.4, -0.2) is 12.1 Å². The van der Waals surface area contributed by atoms with E-state index in [1.165, 1.54) is 0 Å². The summed E-state index contributed by atoms with van der Waals surface area (Å²) in [7, 11) is 0. The lowest BCUT2D eigenvalue weighted by Crippen LogP contribution is -2.47. The van der Waals surface area contributed by atoms with Crippen molar-refractivity contribution in [3.05, 3.63) is 23.8 Å². The molecule has 1 aromatic carbocycles. The Hall–Kier alpha value is -1.32. The highest BCUT2D eigenvalue weighted by molar-refractivity contribution is 5.73. The maximum absolute atomic E-state index is 13.6. The summed E-state index contributed by atoms with van der Waals surface area (Å²) in [6, 6.07) is 2.73. The van der Waals surface area contributed by atoms with Gasteiger partial charge in [0, 0.05) is 6.54 Å². The third-order valence-electron chi connectivity index (χ3n) is 3.63. The second-order valence-electron chi connectivity index (χ2n) is 4.95. The molecule has 0 aromatic heterocycles. The number of hydrogen-bond donors (Lipinski definition) is 2. The van der Waals surface area contributed by atoms with Crippen LogP contribution in [0.4, 0.5) is 20.2 Å². The first-order chi connectivity index (χ1) is 7.60. The van der Waals surface area contributed by atoms with Crippen molar-refractivity contribution in [2.75, 3.05) is 17.2 Å². The molecule has 0 bridgehead atoms. The molecule has 1 aromatic rings. The molecule has 1 unspecified atom stereocenters. The minimum Gasteiger partial charge on any atom is -0.381 e. The molecule has 1 fully saturated rings. The van der Waals surface area contributed by atoms with Gasteiger partial charge in [-0.05, 0) is 37.8 Å². The van der Waals surface area contributed by atoms with Crippen LogP contribution in [0.2, 0.25) is 0 Å². The maximum Gasteiger partial charge on any atom is 0.184 e. The van der Waals surface area contributed by atoms with Crippen LogP contribution >= 0.6 is 0 Å². The van der Waals surface area contributed by atoms with Crippen LogP contribution in [0.5, 0.6) is 0 Å². The fourth-order valence-electron chi connectivity index (χ4n) is 2.40. The minimum absolute atomic E-state index is 0.151. The van der Waals surface area contributed by atoms with Crippen LogP contribution in [0, 0.1) is 17.6 Å².